The van der Waals surface area contributed by atoms with Gasteiger partial charge in [0.2, 0.25) is 0 Å². The van der Waals surface area contributed by atoms with E-state index in [9.17, 15) is 9.18 Å². The van der Waals surface area contributed by atoms with Crippen molar-refractivity contribution in [3.63, 3.8) is 0 Å². The minimum absolute atomic E-state index is 0.0576. The maximum atomic E-state index is 13.0. The van der Waals surface area contributed by atoms with Crippen LogP contribution in [0.25, 0.3) is 0 Å². The minimum atomic E-state index is -0.814. The first-order chi connectivity index (χ1) is 6.54. The van der Waals surface area contributed by atoms with E-state index in [2.05, 4.69) is 10.1 Å². The standard InChI is InChI=1S/C8H7ClFNO3/c1-14-8(13)11-6-2-4(9)7(12)3-5(6)10/h2-3,12H,1H3,(H,11,13). The summed E-state index contributed by atoms with van der Waals surface area (Å²) < 4.78 is 17.3. The predicted octanol–water partition coefficient (Wildman–Crippen LogP) is 2.36. The van der Waals surface area contributed by atoms with Crippen molar-refractivity contribution in [2.24, 2.45) is 0 Å². The van der Waals surface area contributed by atoms with Crippen LogP contribution < -0.4 is 5.32 Å². The third-order valence-corrected chi connectivity index (χ3v) is 1.76. The topological polar surface area (TPSA) is 58.6 Å². The maximum absolute atomic E-state index is 13.0. The number of ether oxygens (including phenoxy) is 1. The van der Waals surface area contributed by atoms with Gasteiger partial charge in [-0.1, -0.05) is 11.6 Å². The Bertz CT molecular complexity index is 370. The molecule has 0 atom stereocenters. The maximum Gasteiger partial charge on any atom is 0.411 e. The first kappa shape index (κ1) is 10.6. The smallest absolute Gasteiger partial charge is 0.411 e. The second-order valence-corrected chi connectivity index (χ2v) is 2.81. The van der Waals surface area contributed by atoms with E-state index in [0.29, 0.717) is 0 Å². The molecule has 6 heteroatoms. The monoisotopic (exact) mass is 219 g/mol. The van der Waals surface area contributed by atoms with Gasteiger partial charge in [-0.15, -0.1) is 0 Å². The summed E-state index contributed by atoms with van der Waals surface area (Å²) in [5, 5.41) is 11.0. The molecule has 4 nitrogen and oxygen atoms in total. The van der Waals surface area contributed by atoms with E-state index in [1.54, 1.807) is 0 Å². The van der Waals surface area contributed by atoms with Gasteiger partial charge < -0.3 is 9.84 Å². The van der Waals surface area contributed by atoms with E-state index in [1.165, 1.54) is 0 Å². The molecule has 0 saturated carbocycles. The zero-order chi connectivity index (χ0) is 10.7. The highest BCUT2D eigenvalue weighted by Crippen LogP contribution is 2.29. The van der Waals surface area contributed by atoms with Gasteiger partial charge in [0.25, 0.3) is 0 Å². The zero-order valence-electron chi connectivity index (χ0n) is 7.17. The normalized spacial score (nSPS) is 9.64. The summed E-state index contributed by atoms with van der Waals surface area (Å²) in [6.45, 7) is 0. The highest BCUT2D eigenvalue weighted by Gasteiger charge is 2.10. The Morgan fingerprint density at radius 1 is 1.64 bits per heavy atom. The number of anilines is 1. The number of phenols is 1. The van der Waals surface area contributed by atoms with Gasteiger partial charge in [-0.25, -0.2) is 9.18 Å². The Balaban J connectivity index is 2.98. The van der Waals surface area contributed by atoms with Crippen LogP contribution in [0.5, 0.6) is 5.75 Å². The quantitative estimate of drug-likeness (QED) is 0.713. The first-order valence-electron chi connectivity index (χ1n) is 3.57. The molecule has 0 aliphatic rings. The lowest BCUT2D eigenvalue weighted by atomic mass is 10.3. The molecule has 0 fully saturated rings. The third-order valence-electron chi connectivity index (χ3n) is 1.46. The van der Waals surface area contributed by atoms with Crippen LogP contribution in [-0.4, -0.2) is 18.3 Å². The molecule has 0 aromatic heterocycles. The van der Waals surface area contributed by atoms with Crippen LogP contribution in [0.4, 0.5) is 14.9 Å². The highest BCUT2D eigenvalue weighted by atomic mass is 35.5. The summed E-state index contributed by atoms with van der Waals surface area (Å²) in [5.74, 6) is -1.18. The third kappa shape index (κ3) is 2.26. The van der Waals surface area contributed by atoms with Crippen molar-refractivity contribution in [1.29, 1.82) is 0 Å². The summed E-state index contributed by atoms with van der Waals surface area (Å²) in [5.41, 5.74) is -0.153. The number of amides is 1. The molecule has 0 radical (unpaired) electrons. The highest BCUT2D eigenvalue weighted by molar-refractivity contribution is 6.32. The second kappa shape index (κ2) is 4.15. The first-order valence-corrected chi connectivity index (χ1v) is 3.95. The molecule has 14 heavy (non-hydrogen) atoms. The molecule has 76 valence electrons. The van der Waals surface area contributed by atoms with Gasteiger partial charge >= 0.3 is 6.09 Å². The number of benzene rings is 1. The van der Waals surface area contributed by atoms with Crippen LogP contribution in [0.3, 0.4) is 0 Å². The minimum Gasteiger partial charge on any atom is -0.506 e. The Hall–Kier alpha value is -1.49. The fourth-order valence-electron chi connectivity index (χ4n) is 0.793. The molecule has 0 unspecified atom stereocenters. The zero-order valence-corrected chi connectivity index (χ0v) is 7.93. The Labute approximate surface area is 84.2 Å². The van der Waals surface area contributed by atoms with Crippen molar-refractivity contribution in [2.45, 2.75) is 0 Å². The fraction of sp³-hybridized carbons (Fsp3) is 0.125. The molecule has 0 heterocycles. The van der Waals surface area contributed by atoms with Gasteiger partial charge in [0.1, 0.15) is 5.75 Å². The summed E-state index contributed by atoms with van der Waals surface area (Å²) in [7, 11) is 1.15. The number of hydrogen-bond acceptors (Lipinski definition) is 3. The van der Waals surface area contributed by atoms with Gasteiger partial charge in [0.05, 0.1) is 17.8 Å². The number of hydrogen-bond donors (Lipinski definition) is 2. The average molecular weight is 220 g/mol. The van der Waals surface area contributed by atoms with Crippen molar-refractivity contribution in [2.75, 3.05) is 12.4 Å². The Kier molecular flexibility index (Phi) is 3.14. The average Bonchev–Trinajstić information content (AvgIpc) is 2.14. The fourth-order valence-corrected chi connectivity index (χ4v) is 0.957. The second-order valence-electron chi connectivity index (χ2n) is 2.40. The molecule has 2 N–H and O–H groups in total. The predicted molar refractivity (Wildman–Crippen MR) is 49.1 cm³/mol. The van der Waals surface area contributed by atoms with E-state index in [-0.39, 0.29) is 16.5 Å². The molecule has 1 rings (SSSR count). The van der Waals surface area contributed by atoms with E-state index >= 15 is 0 Å². The molecule has 0 aliphatic carbocycles. The lowest BCUT2D eigenvalue weighted by Gasteiger charge is -2.06. The van der Waals surface area contributed by atoms with Gasteiger partial charge in [-0.2, -0.15) is 0 Å². The molecule has 1 aromatic rings. The molecule has 1 amide bonds. The Morgan fingerprint density at radius 3 is 2.86 bits per heavy atom. The summed E-state index contributed by atoms with van der Waals surface area (Å²) in [6.07, 6.45) is -0.814. The number of rotatable bonds is 1. The Morgan fingerprint density at radius 2 is 2.29 bits per heavy atom. The van der Waals surface area contributed by atoms with Gasteiger partial charge in [-0.3, -0.25) is 5.32 Å². The number of nitrogens with one attached hydrogen (secondary N) is 1. The number of methoxy groups -OCH3 is 1. The summed E-state index contributed by atoms with van der Waals surface area (Å²) >= 11 is 5.50. The van der Waals surface area contributed by atoms with Crippen molar-refractivity contribution >= 4 is 23.4 Å². The molecular weight excluding hydrogens is 213 g/mol. The van der Waals surface area contributed by atoms with E-state index in [0.717, 1.165) is 19.2 Å². The van der Waals surface area contributed by atoms with E-state index < -0.39 is 11.9 Å². The van der Waals surface area contributed by atoms with Crippen LogP contribution in [0.15, 0.2) is 12.1 Å². The number of carbonyl (C=O) groups is 1. The van der Waals surface area contributed by atoms with E-state index in [1.807, 2.05) is 0 Å². The van der Waals surface area contributed by atoms with Crippen molar-refractivity contribution in [3.8, 4) is 5.75 Å². The van der Waals surface area contributed by atoms with Crippen LogP contribution in [0.1, 0.15) is 0 Å². The molecule has 0 spiro atoms. The molecule has 0 saturated heterocycles. The van der Waals surface area contributed by atoms with Crippen molar-refractivity contribution in [1.82, 2.24) is 0 Å². The summed E-state index contributed by atoms with van der Waals surface area (Å²) in [4.78, 5) is 10.7. The molecule has 0 aliphatic heterocycles. The van der Waals surface area contributed by atoms with Crippen molar-refractivity contribution in [3.05, 3.63) is 23.0 Å². The van der Waals surface area contributed by atoms with Crippen LogP contribution in [0, 0.1) is 5.82 Å². The largest absolute Gasteiger partial charge is 0.506 e. The number of phenolic OH excluding ortho intramolecular Hbond substituents is 1. The van der Waals surface area contributed by atoms with Crippen LogP contribution in [-0.2, 0) is 4.74 Å². The summed E-state index contributed by atoms with van der Waals surface area (Å²) in [6, 6.07) is 1.89. The van der Waals surface area contributed by atoms with Crippen molar-refractivity contribution < 1.29 is 19.0 Å². The lowest BCUT2D eigenvalue weighted by molar-refractivity contribution is 0.186. The van der Waals surface area contributed by atoms with Crippen LogP contribution in [0.2, 0.25) is 5.02 Å². The van der Waals surface area contributed by atoms with Gasteiger partial charge in [-0.05, 0) is 6.07 Å². The number of aromatic hydroxyl groups is 1. The molecular formula is C8H7ClFNO3. The molecule has 1 aromatic carbocycles. The van der Waals surface area contributed by atoms with Gasteiger partial charge in [0.15, 0.2) is 5.82 Å². The lowest BCUT2D eigenvalue weighted by Crippen LogP contribution is -2.12. The molecule has 0 bridgehead atoms. The van der Waals surface area contributed by atoms with Gasteiger partial charge in [0, 0.05) is 6.07 Å². The number of halogens is 2. The number of carbonyl (C=O) groups excluding carboxylic acids is 1. The van der Waals surface area contributed by atoms with E-state index in [4.69, 9.17) is 16.7 Å². The SMILES string of the molecule is COC(=O)Nc1cc(Cl)c(O)cc1F. The van der Waals surface area contributed by atoms with Crippen LogP contribution >= 0.6 is 11.6 Å².